The molecule has 0 spiro atoms. The Hall–Kier alpha value is -10.2. The number of ether oxygens (including phenoxy) is 1. The number of hydrogen-bond acceptors (Lipinski definition) is 10. The van der Waals surface area contributed by atoms with Gasteiger partial charge in [0.25, 0.3) is 0 Å². The number of methoxy groups -OCH3 is 1. The highest BCUT2D eigenvalue weighted by Crippen LogP contribution is 2.34. The molecule has 5 aromatic carbocycles. The van der Waals surface area contributed by atoms with Crippen LogP contribution >= 0.6 is 0 Å². The summed E-state index contributed by atoms with van der Waals surface area (Å²) in [5.41, 5.74) is 20.6. The molecule has 0 radical (unpaired) electrons. The van der Waals surface area contributed by atoms with Crippen molar-refractivity contribution in [3.63, 3.8) is 0 Å². The van der Waals surface area contributed by atoms with Crippen molar-refractivity contribution in [3.8, 4) is 0 Å². The zero-order valence-corrected chi connectivity index (χ0v) is 71.8. The molecule has 13 aromatic rings. The number of aromatic carboxylic acids is 1. The van der Waals surface area contributed by atoms with E-state index in [-0.39, 0.29) is 56.7 Å². The van der Waals surface area contributed by atoms with Crippen LogP contribution in [0.2, 0.25) is 0 Å². The van der Waals surface area contributed by atoms with Gasteiger partial charge in [0.05, 0.1) is 41.2 Å². The average molecular weight is 1500 g/mol. The summed E-state index contributed by atoms with van der Waals surface area (Å²) in [5, 5.41) is 26.5. The molecule has 0 aliphatic heterocycles. The smallest absolute Gasteiger partial charge is 0.337 e. The first-order chi connectivity index (χ1) is 50.9. The van der Waals surface area contributed by atoms with Crippen LogP contribution in [0.3, 0.4) is 0 Å². The van der Waals surface area contributed by atoms with Gasteiger partial charge < -0.3 is 14.8 Å². The van der Waals surface area contributed by atoms with Crippen LogP contribution in [0.5, 0.6) is 0 Å². The van der Waals surface area contributed by atoms with Crippen molar-refractivity contribution in [1.29, 1.82) is 0 Å². The Morgan fingerprint density at radius 1 is 0.459 bits per heavy atom. The predicted octanol–water partition coefficient (Wildman–Crippen LogP) is 25.3. The largest absolute Gasteiger partial charge is 0.478 e. The SMILES string of the molecule is C.CC(C)(C)c1cc(C(=O)O)c2cc[nH]c2c1.CC(C)(C)c1cccc2ncccc12.CC(C)(C)c1cnc2cccnn12.CC(C)(C)c1cncc2ccccc12.CC(C)c1ccc(C(C)(C)C)cn1.COC(=O)c1ccc(C)c(C(C)(C)C)c1.Cc1[nH]nc2ccc(C(C)(C)C)cc12.Cc1ccc(C(C)(C)C)cn1. The highest BCUT2D eigenvalue weighted by Gasteiger charge is 2.24. The highest BCUT2D eigenvalue weighted by molar-refractivity contribution is 6.03. The van der Waals surface area contributed by atoms with Gasteiger partial charge in [-0.15, -0.1) is 0 Å². The molecule has 0 bridgehead atoms. The molecule has 592 valence electrons. The number of H-pyrrole nitrogens is 2. The van der Waals surface area contributed by atoms with Crippen LogP contribution in [0.1, 0.15) is 281 Å². The lowest BCUT2D eigenvalue weighted by Gasteiger charge is -2.22. The second kappa shape index (κ2) is 37.7. The van der Waals surface area contributed by atoms with E-state index < -0.39 is 5.97 Å². The third-order valence-corrected chi connectivity index (χ3v) is 18.8. The third kappa shape index (κ3) is 26.2. The average Bonchev–Trinajstić information content (AvgIpc) is 1.68. The Balaban J connectivity index is 0.000000227. The number of nitrogens with zero attached hydrogens (tertiary/aromatic N) is 8. The van der Waals surface area contributed by atoms with E-state index in [0.29, 0.717) is 17.0 Å². The number of hydrogen-bond donors (Lipinski definition) is 3. The van der Waals surface area contributed by atoms with E-state index in [1.54, 1.807) is 30.6 Å². The molecule has 111 heavy (non-hydrogen) atoms. The number of aromatic nitrogens is 10. The van der Waals surface area contributed by atoms with Crippen molar-refractivity contribution in [3.05, 3.63) is 274 Å². The first-order valence-electron chi connectivity index (χ1n) is 38.3. The minimum absolute atomic E-state index is 0. The molecule has 14 heteroatoms. The van der Waals surface area contributed by atoms with Crippen molar-refractivity contribution in [1.82, 2.24) is 49.7 Å². The summed E-state index contributed by atoms with van der Waals surface area (Å²) in [4.78, 5) is 47.2. The monoisotopic (exact) mass is 1500 g/mol. The normalized spacial score (nSPS) is 11.8. The molecule has 14 nitrogen and oxygen atoms in total. The molecule has 8 heterocycles. The molecular weight excluding hydrogens is 1370 g/mol. The van der Waals surface area contributed by atoms with Gasteiger partial charge in [-0.05, 0) is 193 Å². The first-order valence-corrected chi connectivity index (χ1v) is 38.3. The Kier molecular flexibility index (Phi) is 31.0. The maximum atomic E-state index is 11.4. The number of carboxylic acids is 1. The lowest BCUT2D eigenvalue weighted by molar-refractivity contribution is 0.0599. The summed E-state index contributed by atoms with van der Waals surface area (Å²) in [6, 6.07) is 49.0. The second-order valence-electron chi connectivity index (χ2n) is 36.9. The highest BCUT2D eigenvalue weighted by atomic mass is 16.5. The molecule has 3 N–H and O–H groups in total. The van der Waals surface area contributed by atoms with E-state index in [9.17, 15) is 14.7 Å². The number of aryl methyl sites for hydroxylation is 3. The van der Waals surface area contributed by atoms with E-state index in [4.69, 9.17) is 4.74 Å². The summed E-state index contributed by atoms with van der Waals surface area (Å²) < 4.78 is 6.59. The summed E-state index contributed by atoms with van der Waals surface area (Å²) in [5.74, 6) is -0.634. The molecule has 0 aliphatic rings. The lowest BCUT2D eigenvalue weighted by atomic mass is 9.83. The number of rotatable bonds is 3. The van der Waals surface area contributed by atoms with Gasteiger partial charge in [-0.3, -0.25) is 25.0 Å². The number of pyridine rings is 4. The number of carboxylic acid groups (broad SMARTS) is 1. The van der Waals surface area contributed by atoms with Gasteiger partial charge in [0, 0.05) is 92.9 Å². The van der Waals surface area contributed by atoms with Gasteiger partial charge >= 0.3 is 11.9 Å². The number of nitrogens with one attached hydrogen (secondary N) is 2. The molecule has 0 unspecified atom stereocenters. The maximum Gasteiger partial charge on any atom is 0.337 e. The Morgan fingerprint density at radius 2 is 1.05 bits per heavy atom. The van der Waals surface area contributed by atoms with Gasteiger partial charge in [0.15, 0.2) is 5.65 Å². The Bertz CT molecular complexity index is 5040. The van der Waals surface area contributed by atoms with Crippen molar-refractivity contribution < 1.29 is 19.4 Å². The predicted molar refractivity (Wildman–Crippen MR) is 469 cm³/mol. The van der Waals surface area contributed by atoms with E-state index in [1.165, 1.54) is 73.3 Å². The first kappa shape index (κ1) is 91.4. The minimum atomic E-state index is -0.879. The van der Waals surface area contributed by atoms with Crippen LogP contribution in [-0.2, 0) is 48.1 Å². The van der Waals surface area contributed by atoms with Gasteiger partial charge in [-0.1, -0.05) is 254 Å². The fraction of sp³-hybridized carbons (Fsp3) is 0.412. The molecule has 8 aromatic heterocycles. The number of carbonyl (C=O) groups is 2. The molecule has 0 aliphatic carbocycles. The fourth-order valence-electron chi connectivity index (χ4n) is 12.0. The molecule has 0 atom stereocenters. The fourth-order valence-corrected chi connectivity index (χ4v) is 12.0. The van der Waals surface area contributed by atoms with Crippen molar-refractivity contribution in [2.75, 3.05) is 7.11 Å². The summed E-state index contributed by atoms with van der Waals surface area (Å²) in [6.45, 7) is 62.8. The minimum Gasteiger partial charge on any atom is -0.478 e. The molecule has 0 saturated heterocycles. The number of carbonyl (C=O) groups excluding carboxylic acids is 1. The lowest BCUT2D eigenvalue weighted by Crippen LogP contribution is -2.15. The molecule has 0 amide bonds. The summed E-state index contributed by atoms with van der Waals surface area (Å²) in [6.07, 6.45) is 15.1. The van der Waals surface area contributed by atoms with E-state index >= 15 is 0 Å². The Labute approximate surface area is 664 Å². The third-order valence-electron chi connectivity index (χ3n) is 18.8. The van der Waals surface area contributed by atoms with Gasteiger partial charge in [-0.25, -0.2) is 19.1 Å². The van der Waals surface area contributed by atoms with E-state index in [1.807, 2.05) is 85.0 Å². The molecule has 0 saturated carbocycles. The van der Waals surface area contributed by atoms with Crippen molar-refractivity contribution in [2.24, 2.45) is 0 Å². The quantitative estimate of drug-likeness (QED) is 0.143. The van der Waals surface area contributed by atoms with Gasteiger partial charge in [-0.2, -0.15) is 10.2 Å². The summed E-state index contributed by atoms with van der Waals surface area (Å²) >= 11 is 0. The number of fused-ring (bicyclic) bond motifs is 5. The van der Waals surface area contributed by atoms with Crippen molar-refractivity contribution in [2.45, 2.75) is 257 Å². The zero-order valence-electron chi connectivity index (χ0n) is 71.8. The standard InChI is InChI=1S/C13H15NO2.2C13H15N.C13H18O2.C12H16N2.C12H19N.C10H13N3.C10H15N.CH4/c1-13(2,3)8-6-10(12(15)16)9-4-5-14-11(9)7-8;1-13(2,3)11-7-4-8-12-10(11)6-5-9-14-12;1-13(2,3)12-9-14-8-10-6-4-5-7-11(10)12;1-9-6-7-10(12(14)15-5)8-11(9)13(2,3)4;1-8-10-7-9(12(2,3)4)5-6-11(10)14-13-8;1-9(2)11-7-6-10(8-13-11)12(3,4)5;1-10(2,3)8-7-11-9-5-4-6-12-13(8)9;1-8-5-6-9(7-11-8)10(2,3)4;/h4-7,14H,1-3H3,(H,15,16);2*4-9H,1-3H3;6-8H,1-5H3;5-7H,1-4H3,(H,13,14);6-9H,1-5H3;4-7H,1-3H3;5-7H,1-4H3;1H4. The van der Waals surface area contributed by atoms with Crippen LogP contribution in [0.25, 0.3) is 49.1 Å². The molecular formula is C97H130N10O4. The number of imidazole rings is 1. The second-order valence-corrected chi connectivity index (χ2v) is 36.9. The van der Waals surface area contributed by atoms with Crippen LogP contribution in [-0.4, -0.2) is 73.9 Å². The maximum absolute atomic E-state index is 11.4. The zero-order chi connectivity index (χ0) is 82.3. The van der Waals surface area contributed by atoms with E-state index in [0.717, 1.165) is 50.2 Å². The summed E-state index contributed by atoms with van der Waals surface area (Å²) in [7, 11) is 1.40. The van der Waals surface area contributed by atoms with Crippen molar-refractivity contribution >= 4 is 61.1 Å². The van der Waals surface area contributed by atoms with Crippen LogP contribution in [0.4, 0.5) is 0 Å². The molecule has 13 rings (SSSR count). The Morgan fingerprint density at radius 3 is 1.59 bits per heavy atom. The molecule has 0 fully saturated rings. The van der Waals surface area contributed by atoms with E-state index in [2.05, 4.69) is 330 Å². The van der Waals surface area contributed by atoms with Crippen LogP contribution < -0.4 is 0 Å². The topological polar surface area (TPSA) is 190 Å². The van der Waals surface area contributed by atoms with Gasteiger partial charge in [0.1, 0.15) is 0 Å². The number of benzene rings is 5. The number of aromatic amines is 2. The number of esters is 1. The van der Waals surface area contributed by atoms with Gasteiger partial charge in [0.2, 0.25) is 0 Å². The van der Waals surface area contributed by atoms with Crippen LogP contribution in [0.15, 0.2) is 195 Å². The van der Waals surface area contributed by atoms with Crippen LogP contribution in [0, 0.1) is 20.8 Å².